The molecule has 1 unspecified atom stereocenters. The molecule has 1 aliphatic rings. The fourth-order valence-electron chi connectivity index (χ4n) is 3.95. The molecule has 1 fully saturated rings. The molecule has 224 valence electrons. The van der Waals surface area contributed by atoms with Gasteiger partial charge in [-0.3, -0.25) is 9.59 Å². The highest BCUT2D eigenvalue weighted by atomic mass is 79.9. The summed E-state index contributed by atoms with van der Waals surface area (Å²) in [6.45, 7) is -3.36. The largest absolute Gasteiger partial charge is 0.433 e. The molecule has 1 aromatic heterocycles. The summed E-state index contributed by atoms with van der Waals surface area (Å²) in [6.07, 6.45) is -2.87. The van der Waals surface area contributed by atoms with Gasteiger partial charge in [0.1, 0.15) is 0 Å². The fraction of sp³-hybridized carbons (Fsp3) is 0.296. The summed E-state index contributed by atoms with van der Waals surface area (Å²) in [6, 6.07) is 6.50. The first-order valence-electron chi connectivity index (χ1n) is 12.2. The lowest BCUT2D eigenvalue weighted by Gasteiger charge is -2.26. The lowest BCUT2D eigenvalue weighted by atomic mass is 9.96. The molecular formula is C27H20BrF8N3O3. The Morgan fingerprint density at radius 1 is 1.12 bits per heavy atom. The number of carbonyl (C=O) groups excluding carboxylic acids is 2. The van der Waals surface area contributed by atoms with E-state index in [-0.39, 0.29) is 30.6 Å². The van der Waals surface area contributed by atoms with Crippen LogP contribution in [0.3, 0.4) is 0 Å². The number of nitrogens with one attached hydrogen (secondary N) is 1. The van der Waals surface area contributed by atoms with E-state index >= 15 is 4.39 Å². The molecule has 4 rings (SSSR count). The molecule has 0 radical (unpaired) electrons. The number of amides is 2. The normalized spacial score (nSPS) is 14.8. The molecule has 0 saturated heterocycles. The molecule has 1 aliphatic carbocycles. The molecular weight excluding hydrogens is 646 g/mol. The maximum absolute atomic E-state index is 15.8. The number of carbonyl (C=O) groups is 2. The highest BCUT2D eigenvalue weighted by Crippen LogP contribution is 2.46. The van der Waals surface area contributed by atoms with E-state index in [0.29, 0.717) is 12.1 Å². The van der Waals surface area contributed by atoms with Crippen LogP contribution in [-0.4, -0.2) is 36.1 Å². The molecule has 0 spiro atoms. The molecule has 0 bridgehead atoms. The third kappa shape index (κ3) is 6.66. The number of nitrogens with zero attached hydrogens (tertiary/aromatic N) is 2. The molecule has 1 N–H and O–H groups in total. The first-order valence-corrected chi connectivity index (χ1v) is 13.0. The van der Waals surface area contributed by atoms with Crippen LogP contribution < -0.4 is 15.0 Å². The maximum atomic E-state index is 15.8. The van der Waals surface area contributed by atoms with Crippen LogP contribution in [-0.2, 0) is 5.67 Å². The van der Waals surface area contributed by atoms with Crippen molar-refractivity contribution in [1.29, 1.82) is 0 Å². The van der Waals surface area contributed by atoms with Gasteiger partial charge in [0.25, 0.3) is 11.8 Å². The highest BCUT2D eigenvalue weighted by Gasteiger charge is 2.54. The average molecular weight is 666 g/mol. The number of ether oxygens (including phenoxy) is 1. The number of pyridine rings is 1. The minimum Gasteiger partial charge on any atom is -0.433 e. The smallest absolute Gasteiger partial charge is 0.426 e. The third-order valence-corrected chi connectivity index (χ3v) is 7.08. The van der Waals surface area contributed by atoms with Crippen LogP contribution in [0.4, 0.5) is 46.5 Å². The number of hydrogen-bond acceptors (Lipinski definition) is 4. The summed E-state index contributed by atoms with van der Waals surface area (Å²) >= 11 is 2.83. The molecule has 1 atom stereocenters. The van der Waals surface area contributed by atoms with E-state index in [1.807, 2.05) is 0 Å². The van der Waals surface area contributed by atoms with Gasteiger partial charge in [0.2, 0.25) is 11.6 Å². The lowest BCUT2D eigenvalue weighted by Crippen LogP contribution is -2.35. The van der Waals surface area contributed by atoms with Crippen molar-refractivity contribution < 1.29 is 49.4 Å². The van der Waals surface area contributed by atoms with Crippen molar-refractivity contribution in [2.24, 2.45) is 5.92 Å². The zero-order chi connectivity index (χ0) is 31.0. The van der Waals surface area contributed by atoms with Crippen molar-refractivity contribution in [2.45, 2.75) is 38.2 Å². The molecule has 15 heteroatoms. The second-order valence-electron chi connectivity index (χ2n) is 9.53. The number of aromatic nitrogens is 1. The Morgan fingerprint density at radius 2 is 1.81 bits per heavy atom. The van der Waals surface area contributed by atoms with E-state index < -0.39 is 69.1 Å². The molecule has 1 saturated carbocycles. The second-order valence-corrected chi connectivity index (χ2v) is 10.4. The maximum Gasteiger partial charge on any atom is 0.426 e. The van der Waals surface area contributed by atoms with E-state index in [0.717, 1.165) is 36.1 Å². The topological polar surface area (TPSA) is 71.5 Å². The minimum atomic E-state index is -5.42. The van der Waals surface area contributed by atoms with Crippen molar-refractivity contribution in [3.63, 3.8) is 0 Å². The minimum absolute atomic E-state index is 0.0268. The summed E-state index contributed by atoms with van der Waals surface area (Å²) in [4.78, 5) is 30.8. The summed E-state index contributed by atoms with van der Waals surface area (Å²) in [5.74, 6) is -5.17. The van der Waals surface area contributed by atoms with Gasteiger partial charge in [-0.1, -0.05) is 6.07 Å². The number of anilines is 2. The van der Waals surface area contributed by atoms with Gasteiger partial charge in [0.05, 0.1) is 16.9 Å². The van der Waals surface area contributed by atoms with Gasteiger partial charge in [-0.25, -0.2) is 13.8 Å². The van der Waals surface area contributed by atoms with Crippen LogP contribution in [0.25, 0.3) is 0 Å². The van der Waals surface area contributed by atoms with Crippen LogP contribution in [0, 0.1) is 17.7 Å². The molecule has 6 nitrogen and oxygen atoms in total. The molecule has 2 aromatic carbocycles. The number of alkyl halides is 6. The predicted molar refractivity (Wildman–Crippen MR) is 138 cm³/mol. The van der Waals surface area contributed by atoms with Gasteiger partial charge in [-0.2, -0.15) is 26.3 Å². The molecule has 3 aromatic rings. The Morgan fingerprint density at radius 3 is 2.40 bits per heavy atom. The third-order valence-electron chi connectivity index (χ3n) is 6.45. The quantitative estimate of drug-likeness (QED) is 0.187. The van der Waals surface area contributed by atoms with Gasteiger partial charge < -0.3 is 15.0 Å². The average Bonchev–Trinajstić information content (AvgIpc) is 3.72. The zero-order valence-electron chi connectivity index (χ0n) is 21.4. The Bertz CT molecular complexity index is 1510. The standard InChI is InChI=1S/C27H20BrF8N3O3/c1-26(33,27(34,35)36)15-10-17(28)22(19(11-15)42-25(31)32)38-23(40)16-3-2-4-18(21(16)30)39(12-13-5-6-13)24(41)14-7-8-37-20(29)9-14/h2-4,7-11,13,25H,5-6,12H2,1H3,(H,38,40). The van der Waals surface area contributed by atoms with Gasteiger partial charge in [0.15, 0.2) is 11.6 Å². The van der Waals surface area contributed by atoms with Gasteiger partial charge in [-0.05, 0) is 71.9 Å². The Hall–Kier alpha value is -3.75. The summed E-state index contributed by atoms with van der Waals surface area (Å²) in [5.41, 5.74) is -6.86. The molecule has 2 amide bonds. The van der Waals surface area contributed by atoms with E-state index in [2.05, 4.69) is 31.0 Å². The van der Waals surface area contributed by atoms with E-state index in [4.69, 9.17) is 0 Å². The molecule has 0 aliphatic heterocycles. The van der Waals surface area contributed by atoms with Gasteiger partial charge in [0, 0.05) is 34.4 Å². The summed E-state index contributed by atoms with van der Waals surface area (Å²) in [5, 5.41) is 2.10. The van der Waals surface area contributed by atoms with Crippen molar-refractivity contribution in [1.82, 2.24) is 4.98 Å². The Kier molecular flexibility index (Phi) is 8.81. The first kappa shape index (κ1) is 31.2. The van der Waals surface area contributed by atoms with Crippen molar-refractivity contribution in [2.75, 3.05) is 16.8 Å². The fourth-order valence-corrected chi connectivity index (χ4v) is 4.49. The number of halogens is 9. The van der Waals surface area contributed by atoms with Crippen LogP contribution in [0.5, 0.6) is 5.75 Å². The van der Waals surface area contributed by atoms with Crippen molar-refractivity contribution >= 4 is 39.1 Å². The molecule has 1 heterocycles. The Balaban J connectivity index is 1.71. The van der Waals surface area contributed by atoms with Gasteiger partial charge in [-0.15, -0.1) is 0 Å². The number of hydrogen-bond donors (Lipinski definition) is 1. The van der Waals surface area contributed by atoms with Crippen molar-refractivity contribution in [3.8, 4) is 5.75 Å². The van der Waals surface area contributed by atoms with Gasteiger partial charge >= 0.3 is 12.8 Å². The van der Waals surface area contributed by atoms with Crippen LogP contribution in [0.15, 0.2) is 53.1 Å². The zero-order valence-corrected chi connectivity index (χ0v) is 23.0. The van der Waals surface area contributed by atoms with Crippen LogP contribution in [0.2, 0.25) is 0 Å². The van der Waals surface area contributed by atoms with E-state index in [9.17, 15) is 40.3 Å². The first-order chi connectivity index (χ1) is 19.6. The monoisotopic (exact) mass is 665 g/mol. The number of benzene rings is 2. The Labute approximate surface area is 241 Å². The second kappa shape index (κ2) is 11.9. The SMILES string of the molecule is CC(F)(c1cc(Br)c(NC(=O)c2cccc(N(CC3CC3)C(=O)c3ccnc(F)c3)c2F)c(OC(F)F)c1)C(F)(F)F. The molecule has 42 heavy (non-hydrogen) atoms. The highest BCUT2D eigenvalue weighted by molar-refractivity contribution is 9.10. The van der Waals surface area contributed by atoms with E-state index in [1.54, 1.807) is 0 Å². The van der Waals surface area contributed by atoms with Crippen LogP contribution >= 0.6 is 15.9 Å². The van der Waals surface area contributed by atoms with Crippen molar-refractivity contribution in [3.05, 3.63) is 81.6 Å². The van der Waals surface area contributed by atoms with E-state index in [1.165, 1.54) is 18.2 Å². The summed E-state index contributed by atoms with van der Waals surface area (Å²) in [7, 11) is 0. The lowest BCUT2D eigenvalue weighted by molar-refractivity contribution is -0.228. The number of rotatable bonds is 9. The predicted octanol–water partition coefficient (Wildman–Crippen LogP) is 7.78. The summed E-state index contributed by atoms with van der Waals surface area (Å²) < 4.78 is 114. The van der Waals surface area contributed by atoms with Crippen LogP contribution in [0.1, 0.15) is 46.0 Å².